The first kappa shape index (κ1) is 9.98. The maximum absolute atomic E-state index is 12.7. The fourth-order valence-electron chi connectivity index (χ4n) is 0.924. The summed E-state index contributed by atoms with van der Waals surface area (Å²) in [5, 5.41) is 8.39. The van der Waals surface area contributed by atoms with Crippen LogP contribution >= 0.6 is 0 Å². The molecule has 1 aromatic carbocycles. The van der Waals surface area contributed by atoms with Gasteiger partial charge >= 0.3 is 0 Å². The first-order valence-electron chi connectivity index (χ1n) is 3.50. The van der Waals surface area contributed by atoms with Crippen LogP contribution in [0.15, 0.2) is 6.07 Å². The minimum Gasteiger partial charge on any atom is -0.396 e. The van der Waals surface area contributed by atoms with Crippen molar-refractivity contribution in [3.05, 3.63) is 34.9 Å². The first-order chi connectivity index (χ1) is 6.07. The van der Waals surface area contributed by atoms with Crippen molar-refractivity contribution in [1.29, 1.82) is 0 Å². The van der Waals surface area contributed by atoms with Gasteiger partial charge in [0, 0.05) is 6.61 Å². The molecule has 0 fully saturated rings. The van der Waals surface area contributed by atoms with E-state index in [9.17, 15) is 17.6 Å². The summed E-state index contributed by atoms with van der Waals surface area (Å²) in [5.41, 5.74) is -0.376. The second-order valence-corrected chi connectivity index (χ2v) is 2.43. The third-order valence-corrected chi connectivity index (χ3v) is 1.56. The van der Waals surface area contributed by atoms with E-state index in [1.807, 2.05) is 0 Å². The fourth-order valence-corrected chi connectivity index (χ4v) is 0.924. The summed E-state index contributed by atoms with van der Waals surface area (Å²) in [7, 11) is 0. The number of aliphatic hydroxyl groups is 1. The van der Waals surface area contributed by atoms with Crippen LogP contribution in [0, 0.1) is 23.3 Å². The van der Waals surface area contributed by atoms with Crippen molar-refractivity contribution in [3.63, 3.8) is 0 Å². The minimum atomic E-state index is -1.84. The predicted octanol–water partition coefficient (Wildman–Crippen LogP) is 1.78. The van der Waals surface area contributed by atoms with Crippen molar-refractivity contribution >= 4 is 0 Å². The van der Waals surface area contributed by atoms with Gasteiger partial charge in [-0.05, 0) is 18.1 Å². The smallest absolute Gasteiger partial charge is 0.197 e. The molecular formula is C8H6F4O. The fraction of sp³-hybridized carbons (Fsp3) is 0.250. The summed E-state index contributed by atoms with van der Waals surface area (Å²) in [4.78, 5) is 0. The zero-order valence-electron chi connectivity index (χ0n) is 6.45. The van der Waals surface area contributed by atoms with E-state index in [2.05, 4.69) is 0 Å². The molecule has 0 spiro atoms. The number of halogens is 4. The van der Waals surface area contributed by atoms with Crippen LogP contribution in [0.5, 0.6) is 0 Å². The number of aliphatic hydroxyl groups excluding tert-OH is 1. The molecule has 72 valence electrons. The van der Waals surface area contributed by atoms with E-state index in [0.29, 0.717) is 6.07 Å². The van der Waals surface area contributed by atoms with E-state index < -0.39 is 29.9 Å². The Morgan fingerprint density at radius 3 is 2.15 bits per heavy atom. The van der Waals surface area contributed by atoms with Gasteiger partial charge in [0.05, 0.1) is 0 Å². The summed E-state index contributed by atoms with van der Waals surface area (Å²) in [6.07, 6.45) is -0.250. The van der Waals surface area contributed by atoms with E-state index in [1.54, 1.807) is 0 Å². The quantitative estimate of drug-likeness (QED) is 0.432. The summed E-state index contributed by atoms with van der Waals surface area (Å²) < 4.78 is 50.1. The average molecular weight is 194 g/mol. The molecule has 1 N–H and O–H groups in total. The van der Waals surface area contributed by atoms with Crippen LogP contribution in [0.25, 0.3) is 0 Å². The Morgan fingerprint density at radius 1 is 1.00 bits per heavy atom. The highest BCUT2D eigenvalue weighted by molar-refractivity contribution is 5.21. The Morgan fingerprint density at radius 2 is 1.62 bits per heavy atom. The zero-order valence-corrected chi connectivity index (χ0v) is 6.45. The van der Waals surface area contributed by atoms with Gasteiger partial charge in [0.15, 0.2) is 23.3 Å². The summed E-state index contributed by atoms with van der Waals surface area (Å²) in [5.74, 6) is -6.59. The molecule has 13 heavy (non-hydrogen) atoms. The van der Waals surface area contributed by atoms with E-state index >= 15 is 0 Å². The lowest BCUT2D eigenvalue weighted by molar-refractivity contribution is 0.295. The van der Waals surface area contributed by atoms with Gasteiger partial charge in [0.1, 0.15) is 0 Å². The van der Waals surface area contributed by atoms with Crippen LogP contribution in [0.4, 0.5) is 17.6 Å². The van der Waals surface area contributed by atoms with Crippen molar-refractivity contribution in [3.8, 4) is 0 Å². The van der Waals surface area contributed by atoms with E-state index in [1.165, 1.54) is 0 Å². The molecule has 0 saturated heterocycles. The van der Waals surface area contributed by atoms with E-state index in [0.717, 1.165) is 0 Å². The molecule has 1 nitrogen and oxygen atoms in total. The molecule has 1 aromatic rings. The van der Waals surface area contributed by atoms with Gasteiger partial charge in [-0.3, -0.25) is 0 Å². The van der Waals surface area contributed by atoms with Gasteiger partial charge in [0.25, 0.3) is 0 Å². The standard InChI is InChI=1S/C8H6F4O/c9-5-3-4(1-2-13)6(10)8(12)7(5)11/h3,13H,1-2H2. The Kier molecular flexibility index (Phi) is 2.87. The molecule has 1 rings (SSSR count). The van der Waals surface area contributed by atoms with Gasteiger partial charge in [-0.1, -0.05) is 0 Å². The lowest BCUT2D eigenvalue weighted by Gasteiger charge is -2.03. The monoisotopic (exact) mass is 194 g/mol. The normalized spacial score (nSPS) is 10.5. The van der Waals surface area contributed by atoms with Crippen molar-refractivity contribution in [2.45, 2.75) is 6.42 Å². The number of hydrogen-bond donors (Lipinski definition) is 1. The number of hydrogen-bond acceptors (Lipinski definition) is 1. The van der Waals surface area contributed by atoms with Gasteiger partial charge in [-0.25, -0.2) is 17.6 Å². The topological polar surface area (TPSA) is 20.2 Å². The lowest BCUT2D eigenvalue weighted by atomic mass is 10.1. The van der Waals surface area contributed by atoms with Crippen LogP contribution in [-0.4, -0.2) is 11.7 Å². The van der Waals surface area contributed by atoms with E-state index in [-0.39, 0.29) is 12.0 Å². The van der Waals surface area contributed by atoms with Crippen molar-refractivity contribution in [1.82, 2.24) is 0 Å². The largest absolute Gasteiger partial charge is 0.396 e. The van der Waals surface area contributed by atoms with Crippen molar-refractivity contribution < 1.29 is 22.7 Å². The van der Waals surface area contributed by atoms with Crippen molar-refractivity contribution in [2.75, 3.05) is 6.61 Å². The summed E-state index contributed by atoms with van der Waals surface area (Å²) in [6, 6.07) is 0.532. The van der Waals surface area contributed by atoms with Gasteiger partial charge in [-0.2, -0.15) is 0 Å². The molecule has 0 aliphatic rings. The molecular weight excluding hydrogens is 188 g/mol. The Hall–Kier alpha value is -1.10. The second-order valence-electron chi connectivity index (χ2n) is 2.43. The molecule has 0 bridgehead atoms. The molecule has 0 heterocycles. The molecule has 0 atom stereocenters. The molecule has 0 aliphatic heterocycles. The maximum Gasteiger partial charge on any atom is 0.197 e. The van der Waals surface area contributed by atoms with E-state index in [4.69, 9.17) is 5.11 Å². The summed E-state index contributed by atoms with van der Waals surface area (Å²) in [6.45, 7) is -0.457. The van der Waals surface area contributed by atoms with Crippen LogP contribution < -0.4 is 0 Å². The highest BCUT2D eigenvalue weighted by Crippen LogP contribution is 2.18. The third kappa shape index (κ3) is 1.80. The molecule has 0 radical (unpaired) electrons. The zero-order chi connectivity index (χ0) is 10.0. The molecule has 0 unspecified atom stereocenters. The molecule has 0 saturated carbocycles. The first-order valence-corrected chi connectivity index (χ1v) is 3.50. The molecule has 0 aromatic heterocycles. The number of benzene rings is 1. The lowest BCUT2D eigenvalue weighted by Crippen LogP contribution is -2.03. The van der Waals surface area contributed by atoms with Gasteiger partial charge < -0.3 is 5.11 Å². The minimum absolute atomic E-state index is 0.250. The molecule has 5 heteroatoms. The van der Waals surface area contributed by atoms with Gasteiger partial charge in [0.2, 0.25) is 0 Å². The molecule has 0 amide bonds. The average Bonchev–Trinajstić information content (AvgIpc) is 2.11. The SMILES string of the molecule is OCCc1cc(F)c(F)c(F)c1F. The molecule has 0 aliphatic carbocycles. The van der Waals surface area contributed by atoms with Crippen LogP contribution in [0.2, 0.25) is 0 Å². The van der Waals surface area contributed by atoms with Crippen LogP contribution in [-0.2, 0) is 6.42 Å². The Bertz CT molecular complexity index is 324. The Labute approximate surface area is 71.6 Å². The Balaban J connectivity index is 3.24. The van der Waals surface area contributed by atoms with Crippen LogP contribution in [0.1, 0.15) is 5.56 Å². The third-order valence-electron chi connectivity index (χ3n) is 1.56. The summed E-state index contributed by atoms with van der Waals surface area (Å²) >= 11 is 0. The highest BCUT2D eigenvalue weighted by Gasteiger charge is 2.17. The van der Waals surface area contributed by atoms with Gasteiger partial charge in [-0.15, -0.1) is 0 Å². The predicted molar refractivity (Wildman–Crippen MR) is 37.1 cm³/mol. The second kappa shape index (κ2) is 3.74. The maximum atomic E-state index is 12.7. The highest BCUT2D eigenvalue weighted by atomic mass is 19.2. The number of rotatable bonds is 2. The van der Waals surface area contributed by atoms with Crippen LogP contribution in [0.3, 0.4) is 0 Å². The van der Waals surface area contributed by atoms with Crippen molar-refractivity contribution in [2.24, 2.45) is 0 Å².